The molecule has 1 fully saturated rings. The van der Waals surface area contributed by atoms with Crippen molar-refractivity contribution in [3.8, 4) is 0 Å². The number of carbonyl (C=O) groups is 1. The van der Waals surface area contributed by atoms with Crippen LogP contribution in [0.2, 0.25) is 0 Å². The molecule has 1 atom stereocenters. The molecule has 1 N–H and O–H groups in total. The van der Waals surface area contributed by atoms with Gasteiger partial charge in [-0.15, -0.1) is 0 Å². The van der Waals surface area contributed by atoms with E-state index in [9.17, 15) is 14.0 Å². The van der Waals surface area contributed by atoms with Crippen LogP contribution in [0.5, 0.6) is 0 Å². The number of carbonyl (C=O) groups excluding carboxylic acids is 1. The number of fused-ring (bicyclic) bond motifs is 1. The van der Waals surface area contributed by atoms with Crippen LogP contribution in [0.15, 0.2) is 35.3 Å². The highest BCUT2D eigenvalue weighted by Crippen LogP contribution is 2.23. The maximum Gasteiger partial charge on any atom is 0.276 e. The van der Waals surface area contributed by atoms with Crippen molar-refractivity contribution in [1.82, 2.24) is 19.7 Å². The van der Waals surface area contributed by atoms with Gasteiger partial charge in [-0.25, -0.2) is 9.07 Å². The summed E-state index contributed by atoms with van der Waals surface area (Å²) in [4.78, 5) is 25.3. The molecule has 3 aromatic rings. The highest BCUT2D eigenvalue weighted by Gasteiger charge is 2.19. The first kappa shape index (κ1) is 20.3. The SMILES string of the molecule is Cc1c2cnn(CC(=O)NCC3CCCO3)c(=O)c2c(C)n1Cc1ccccc1F. The average molecular weight is 412 g/mol. The van der Waals surface area contributed by atoms with Crippen LogP contribution in [0.1, 0.15) is 29.8 Å². The molecule has 3 heterocycles. The Morgan fingerprint density at radius 3 is 2.83 bits per heavy atom. The Hall–Kier alpha value is -3.00. The third-order valence-corrected chi connectivity index (χ3v) is 5.74. The summed E-state index contributed by atoms with van der Waals surface area (Å²) >= 11 is 0. The summed E-state index contributed by atoms with van der Waals surface area (Å²) in [5.74, 6) is -0.563. The Kier molecular flexibility index (Phi) is 5.67. The summed E-state index contributed by atoms with van der Waals surface area (Å²) in [6, 6.07) is 6.59. The molecule has 1 aliphatic heterocycles. The number of aryl methyl sites for hydroxylation is 2. The largest absolute Gasteiger partial charge is 0.376 e. The van der Waals surface area contributed by atoms with Crippen LogP contribution in [0.4, 0.5) is 4.39 Å². The van der Waals surface area contributed by atoms with E-state index in [1.165, 1.54) is 10.7 Å². The van der Waals surface area contributed by atoms with Gasteiger partial charge >= 0.3 is 0 Å². The Balaban J connectivity index is 1.59. The minimum atomic E-state index is -0.326. The summed E-state index contributed by atoms with van der Waals surface area (Å²) in [5.41, 5.74) is 1.79. The van der Waals surface area contributed by atoms with Crippen molar-refractivity contribution in [1.29, 1.82) is 0 Å². The number of aromatic nitrogens is 3. The molecule has 1 aliphatic rings. The lowest BCUT2D eigenvalue weighted by Gasteiger charge is -2.11. The topological polar surface area (TPSA) is 78.2 Å². The van der Waals surface area contributed by atoms with Crippen molar-refractivity contribution in [2.24, 2.45) is 0 Å². The summed E-state index contributed by atoms with van der Waals surface area (Å²) < 4.78 is 22.7. The normalized spacial score (nSPS) is 16.3. The molecule has 7 nitrogen and oxygen atoms in total. The fourth-order valence-electron chi connectivity index (χ4n) is 4.02. The van der Waals surface area contributed by atoms with Crippen molar-refractivity contribution in [3.63, 3.8) is 0 Å². The van der Waals surface area contributed by atoms with Crippen LogP contribution < -0.4 is 10.9 Å². The van der Waals surface area contributed by atoms with E-state index in [-0.39, 0.29) is 29.9 Å². The molecule has 158 valence electrons. The molecule has 1 amide bonds. The summed E-state index contributed by atoms with van der Waals surface area (Å²) in [5, 5.41) is 8.22. The molecule has 1 aromatic carbocycles. The molecule has 0 spiro atoms. The second kappa shape index (κ2) is 8.39. The fraction of sp³-hybridized carbons (Fsp3) is 0.409. The van der Waals surface area contributed by atoms with Gasteiger partial charge in [0.05, 0.1) is 24.2 Å². The molecular formula is C22H25FN4O3. The number of hydrogen-bond donors (Lipinski definition) is 1. The molecule has 1 unspecified atom stereocenters. The van der Waals surface area contributed by atoms with Crippen LogP contribution in [-0.4, -0.2) is 39.5 Å². The molecule has 30 heavy (non-hydrogen) atoms. The summed E-state index contributed by atoms with van der Waals surface area (Å²) in [7, 11) is 0. The predicted molar refractivity (Wildman–Crippen MR) is 111 cm³/mol. The minimum Gasteiger partial charge on any atom is -0.376 e. The van der Waals surface area contributed by atoms with Crippen molar-refractivity contribution >= 4 is 16.7 Å². The van der Waals surface area contributed by atoms with E-state index in [1.807, 2.05) is 18.4 Å². The Morgan fingerprint density at radius 2 is 2.10 bits per heavy atom. The molecule has 8 heteroatoms. The van der Waals surface area contributed by atoms with Gasteiger partial charge in [0, 0.05) is 35.5 Å². The maximum atomic E-state index is 14.1. The second-order valence-corrected chi connectivity index (χ2v) is 7.68. The maximum absolute atomic E-state index is 14.1. The lowest BCUT2D eigenvalue weighted by atomic mass is 10.2. The van der Waals surface area contributed by atoms with Crippen molar-refractivity contribution in [2.75, 3.05) is 13.2 Å². The van der Waals surface area contributed by atoms with Crippen LogP contribution in [0, 0.1) is 19.7 Å². The van der Waals surface area contributed by atoms with Gasteiger partial charge in [-0.3, -0.25) is 9.59 Å². The highest BCUT2D eigenvalue weighted by atomic mass is 19.1. The minimum absolute atomic E-state index is 0.0402. The quantitative estimate of drug-likeness (QED) is 0.674. The van der Waals surface area contributed by atoms with Gasteiger partial charge in [-0.05, 0) is 32.8 Å². The third-order valence-electron chi connectivity index (χ3n) is 5.74. The zero-order valence-electron chi connectivity index (χ0n) is 17.2. The van der Waals surface area contributed by atoms with Crippen LogP contribution in [0.25, 0.3) is 10.8 Å². The molecule has 0 radical (unpaired) electrons. The van der Waals surface area contributed by atoms with E-state index in [4.69, 9.17) is 4.74 Å². The third kappa shape index (κ3) is 3.87. The van der Waals surface area contributed by atoms with Gasteiger partial charge < -0.3 is 14.6 Å². The Morgan fingerprint density at radius 1 is 1.30 bits per heavy atom. The smallest absolute Gasteiger partial charge is 0.276 e. The van der Waals surface area contributed by atoms with Crippen LogP contribution >= 0.6 is 0 Å². The summed E-state index contributed by atoms with van der Waals surface area (Å²) in [6.07, 6.45) is 3.57. The van der Waals surface area contributed by atoms with Gasteiger partial charge in [-0.2, -0.15) is 5.10 Å². The molecule has 2 aromatic heterocycles. The number of halogens is 1. The first-order chi connectivity index (χ1) is 14.5. The van der Waals surface area contributed by atoms with Crippen molar-refractivity contribution < 1.29 is 13.9 Å². The predicted octanol–water partition coefficient (Wildman–Crippen LogP) is 2.30. The summed E-state index contributed by atoms with van der Waals surface area (Å²) in [6.45, 7) is 5.04. The van der Waals surface area contributed by atoms with Crippen LogP contribution in [0.3, 0.4) is 0 Å². The van der Waals surface area contributed by atoms with E-state index in [0.717, 1.165) is 30.8 Å². The molecular weight excluding hydrogens is 387 g/mol. The molecule has 0 aliphatic carbocycles. The first-order valence-electron chi connectivity index (χ1n) is 10.1. The van der Waals surface area contributed by atoms with E-state index in [2.05, 4.69) is 10.4 Å². The van der Waals surface area contributed by atoms with E-state index in [0.29, 0.717) is 29.4 Å². The zero-order chi connectivity index (χ0) is 21.3. The van der Waals surface area contributed by atoms with Crippen molar-refractivity contribution in [2.45, 2.75) is 45.9 Å². The first-order valence-corrected chi connectivity index (χ1v) is 10.1. The zero-order valence-corrected chi connectivity index (χ0v) is 17.2. The van der Waals surface area contributed by atoms with Gasteiger partial charge in [-0.1, -0.05) is 18.2 Å². The fourth-order valence-corrected chi connectivity index (χ4v) is 4.02. The number of hydrogen-bond acceptors (Lipinski definition) is 4. The molecule has 4 rings (SSSR count). The lowest BCUT2D eigenvalue weighted by molar-refractivity contribution is -0.122. The number of amides is 1. The van der Waals surface area contributed by atoms with Gasteiger partial charge in [0.15, 0.2) is 0 Å². The van der Waals surface area contributed by atoms with E-state index >= 15 is 0 Å². The van der Waals surface area contributed by atoms with E-state index < -0.39 is 0 Å². The molecule has 0 saturated carbocycles. The number of ether oxygens (including phenoxy) is 1. The number of nitrogens with one attached hydrogen (secondary N) is 1. The second-order valence-electron chi connectivity index (χ2n) is 7.68. The highest BCUT2D eigenvalue weighted by molar-refractivity contribution is 5.87. The van der Waals surface area contributed by atoms with Gasteiger partial charge in [0.25, 0.3) is 5.56 Å². The lowest BCUT2D eigenvalue weighted by Crippen LogP contribution is -2.37. The molecule has 0 bridgehead atoms. The molecule has 1 saturated heterocycles. The van der Waals surface area contributed by atoms with Crippen LogP contribution in [-0.2, 0) is 22.6 Å². The number of benzene rings is 1. The van der Waals surface area contributed by atoms with Gasteiger partial charge in [0.2, 0.25) is 5.91 Å². The monoisotopic (exact) mass is 412 g/mol. The average Bonchev–Trinajstić information content (AvgIpc) is 3.33. The Labute approximate surface area is 173 Å². The van der Waals surface area contributed by atoms with Crippen molar-refractivity contribution in [3.05, 3.63) is 63.6 Å². The van der Waals surface area contributed by atoms with E-state index in [1.54, 1.807) is 24.4 Å². The number of rotatable bonds is 6. The van der Waals surface area contributed by atoms with Gasteiger partial charge in [0.1, 0.15) is 12.4 Å². The standard InChI is InChI=1S/C22H25FN4O3/c1-14-18-11-25-27(13-20(28)24-10-17-7-5-9-30-17)22(29)21(18)15(2)26(14)12-16-6-3-4-8-19(16)23/h3-4,6,8,11,17H,5,7,9-10,12-13H2,1-2H3,(H,24,28). The number of nitrogens with zero attached hydrogens (tertiary/aromatic N) is 3. The Bertz CT molecular complexity index is 1150.